The second kappa shape index (κ2) is 6.74. The van der Waals surface area contributed by atoms with Crippen molar-refractivity contribution in [3.05, 3.63) is 51.2 Å². The van der Waals surface area contributed by atoms with Crippen LogP contribution in [0.25, 0.3) is 0 Å². The Balaban J connectivity index is 1.92. The number of halogens is 2. The average molecular weight is 329 g/mol. The first-order chi connectivity index (χ1) is 9.54. The van der Waals surface area contributed by atoms with Crippen LogP contribution in [0.4, 0.5) is 5.69 Å². The maximum Gasteiger partial charge on any atom is 0.262 e. The zero-order valence-electron chi connectivity index (χ0n) is 10.2. The first-order valence-electron chi connectivity index (χ1n) is 5.61. The highest BCUT2D eigenvalue weighted by atomic mass is 35.5. The van der Waals surface area contributed by atoms with Gasteiger partial charge in [-0.15, -0.1) is 0 Å². The molecule has 0 aliphatic heterocycles. The lowest BCUT2D eigenvalue weighted by atomic mass is 10.3. The van der Waals surface area contributed by atoms with Crippen molar-refractivity contribution in [3.8, 4) is 5.75 Å². The fourth-order valence-corrected chi connectivity index (χ4v) is 2.01. The quantitative estimate of drug-likeness (QED) is 0.832. The van der Waals surface area contributed by atoms with Gasteiger partial charge < -0.3 is 15.0 Å². The number of H-pyrrole nitrogens is 1. The maximum atomic E-state index is 11.7. The summed E-state index contributed by atoms with van der Waals surface area (Å²) in [5.74, 6) is 0.0974. The zero-order valence-corrected chi connectivity index (χ0v) is 12.5. The minimum absolute atomic E-state index is 0.156. The van der Waals surface area contributed by atoms with E-state index >= 15 is 0 Å². The predicted molar refractivity (Wildman–Crippen MR) is 82.2 cm³/mol. The maximum absolute atomic E-state index is 11.7. The van der Waals surface area contributed by atoms with Crippen molar-refractivity contribution in [2.45, 2.75) is 0 Å². The summed E-state index contributed by atoms with van der Waals surface area (Å²) in [6.07, 6.45) is 1.61. The summed E-state index contributed by atoms with van der Waals surface area (Å²) in [4.78, 5) is 14.5. The topological polar surface area (TPSA) is 54.1 Å². The summed E-state index contributed by atoms with van der Waals surface area (Å²) in [6, 6.07) is 8.18. The number of amides is 1. The van der Waals surface area contributed by atoms with Crippen molar-refractivity contribution in [1.29, 1.82) is 0 Å². The third kappa shape index (κ3) is 4.23. The Morgan fingerprint density at radius 3 is 2.75 bits per heavy atom. The van der Waals surface area contributed by atoms with E-state index in [1.54, 1.807) is 36.5 Å². The largest absolute Gasteiger partial charge is 0.482 e. The molecule has 0 aliphatic carbocycles. The molecule has 4 nitrogen and oxygen atoms in total. The molecule has 0 unspecified atom stereocenters. The molecule has 2 N–H and O–H groups in total. The van der Waals surface area contributed by atoms with E-state index in [1.807, 2.05) is 0 Å². The van der Waals surface area contributed by atoms with Crippen molar-refractivity contribution in [1.82, 2.24) is 4.98 Å². The summed E-state index contributed by atoms with van der Waals surface area (Å²) >= 11 is 16.6. The molecule has 0 bridgehead atoms. The predicted octanol–water partition coefficient (Wildman–Crippen LogP) is 4.07. The highest BCUT2D eigenvalue weighted by Crippen LogP contribution is 2.27. The van der Waals surface area contributed by atoms with Gasteiger partial charge in [0.15, 0.2) is 6.61 Å². The Labute approximate surface area is 130 Å². The van der Waals surface area contributed by atoms with Crippen LogP contribution in [0.2, 0.25) is 10.0 Å². The fraction of sp³-hybridized carbons (Fsp3) is 0.0769. The van der Waals surface area contributed by atoms with E-state index in [2.05, 4.69) is 10.3 Å². The van der Waals surface area contributed by atoms with Gasteiger partial charge in [-0.05, 0) is 30.3 Å². The van der Waals surface area contributed by atoms with Crippen LogP contribution in [0.5, 0.6) is 5.75 Å². The lowest BCUT2D eigenvalue weighted by molar-refractivity contribution is -0.118. The number of benzene rings is 1. The third-order valence-electron chi connectivity index (χ3n) is 2.32. The van der Waals surface area contributed by atoms with Crippen LogP contribution in [-0.2, 0) is 4.79 Å². The van der Waals surface area contributed by atoms with Crippen LogP contribution >= 0.6 is 35.4 Å². The lowest BCUT2D eigenvalue weighted by Crippen LogP contribution is -2.20. The highest BCUT2D eigenvalue weighted by Gasteiger charge is 2.06. The van der Waals surface area contributed by atoms with Gasteiger partial charge in [-0.2, -0.15) is 0 Å². The molecular weight excluding hydrogens is 319 g/mol. The number of hydrogen-bond donors (Lipinski definition) is 2. The minimum Gasteiger partial charge on any atom is -0.482 e. The highest BCUT2D eigenvalue weighted by molar-refractivity contribution is 7.71. The van der Waals surface area contributed by atoms with Crippen LogP contribution < -0.4 is 10.1 Å². The first kappa shape index (κ1) is 14.8. The monoisotopic (exact) mass is 328 g/mol. The lowest BCUT2D eigenvalue weighted by Gasteiger charge is -2.08. The number of nitrogens with one attached hydrogen (secondary N) is 2. The molecule has 2 aromatic rings. The summed E-state index contributed by atoms with van der Waals surface area (Å²) < 4.78 is 5.91. The van der Waals surface area contributed by atoms with Gasteiger partial charge in [-0.3, -0.25) is 4.79 Å². The first-order valence-corrected chi connectivity index (χ1v) is 6.77. The van der Waals surface area contributed by atoms with Gasteiger partial charge in [0.25, 0.3) is 5.91 Å². The van der Waals surface area contributed by atoms with E-state index < -0.39 is 0 Å². The Morgan fingerprint density at radius 2 is 2.10 bits per heavy atom. The fourth-order valence-electron chi connectivity index (χ4n) is 1.42. The van der Waals surface area contributed by atoms with E-state index in [-0.39, 0.29) is 12.5 Å². The van der Waals surface area contributed by atoms with Crippen molar-refractivity contribution >= 4 is 47.0 Å². The molecular formula is C13H10Cl2N2O2S. The molecule has 1 amide bonds. The van der Waals surface area contributed by atoms with Gasteiger partial charge in [0, 0.05) is 11.2 Å². The number of anilines is 1. The van der Waals surface area contributed by atoms with Gasteiger partial charge in [0.2, 0.25) is 0 Å². The van der Waals surface area contributed by atoms with E-state index in [0.29, 0.717) is 26.1 Å². The summed E-state index contributed by atoms with van der Waals surface area (Å²) in [6.45, 7) is -0.156. The number of carbonyl (C=O) groups excluding carboxylic acids is 1. The van der Waals surface area contributed by atoms with Crippen LogP contribution in [0.15, 0.2) is 36.5 Å². The number of aromatic nitrogens is 1. The number of aromatic amines is 1. The molecule has 2 rings (SSSR count). The van der Waals surface area contributed by atoms with Gasteiger partial charge in [-0.1, -0.05) is 35.4 Å². The van der Waals surface area contributed by atoms with Crippen molar-refractivity contribution in [2.24, 2.45) is 0 Å². The molecule has 0 saturated carbocycles. The molecule has 1 heterocycles. The van der Waals surface area contributed by atoms with Crippen LogP contribution in [-0.4, -0.2) is 17.5 Å². The van der Waals surface area contributed by atoms with E-state index in [0.717, 1.165) is 0 Å². The van der Waals surface area contributed by atoms with Gasteiger partial charge in [-0.25, -0.2) is 0 Å². The second-order valence-corrected chi connectivity index (χ2v) is 5.14. The molecule has 7 heteroatoms. The van der Waals surface area contributed by atoms with E-state index in [9.17, 15) is 4.79 Å². The number of rotatable bonds is 4. The van der Waals surface area contributed by atoms with Crippen LogP contribution in [0.1, 0.15) is 0 Å². The molecule has 0 saturated heterocycles. The Kier molecular flexibility index (Phi) is 5.00. The molecule has 0 spiro atoms. The van der Waals surface area contributed by atoms with Crippen LogP contribution in [0.3, 0.4) is 0 Å². The molecule has 1 aromatic heterocycles. The van der Waals surface area contributed by atoms with Gasteiger partial charge >= 0.3 is 0 Å². The number of hydrogen-bond acceptors (Lipinski definition) is 3. The van der Waals surface area contributed by atoms with Gasteiger partial charge in [0.1, 0.15) is 10.4 Å². The molecule has 1 aromatic carbocycles. The molecule has 0 fully saturated rings. The molecule has 20 heavy (non-hydrogen) atoms. The molecule has 104 valence electrons. The SMILES string of the molecule is O=C(COc1ccc(Cl)cc1Cl)Nc1ccc(=S)[nH]c1. The smallest absolute Gasteiger partial charge is 0.262 e. The molecule has 0 radical (unpaired) electrons. The summed E-state index contributed by atoms with van der Waals surface area (Å²) in [5.41, 5.74) is 0.606. The summed E-state index contributed by atoms with van der Waals surface area (Å²) in [5, 5.41) is 3.52. The number of ether oxygens (including phenoxy) is 1. The Hall–Kier alpha value is -1.56. The Bertz CT molecular complexity index is 668. The third-order valence-corrected chi connectivity index (χ3v) is 3.11. The molecule has 0 atom stereocenters. The summed E-state index contributed by atoms with van der Waals surface area (Å²) in [7, 11) is 0. The van der Waals surface area contributed by atoms with Crippen molar-refractivity contribution in [3.63, 3.8) is 0 Å². The van der Waals surface area contributed by atoms with E-state index in [4.69, 9.17) is 40.2 Å². The van der Waals surface area contributed by atoms with Crippen LogP contribution in [0, 0.1) is 4.64 Å². The average Bonchev–Trinajstić information content (AvgIpc) is 2.40. The standard InChI is InChI=1S/C13H10Cl2N2O2S/c14-8-1-3-11(10(15)5-8)19-7-12(18)17-9-2-4-13(20)16-6-9/h1-6H,7H2,(H,16,20)(H,17,18). The Morgan fingerprint density at radius 1 is 1.30 bits per heavy atom. The minimum atomic E-state index is -0.304. The number of carbonyl (C=O) groups is 1. The van der Waals surface area contributed by atoms with Crippen molar-refractivity contribution in [2.75, 3.05) is 11.9 Å². The van der Waals surface area contributed by atoms with E-state index in [1.165, 1.54) is 0 Å². The normalized spacial score (nSPS) is 10.1. The zero-order chi connectivity index (χ0) is 14.5. The van der Waals surface area contributed by atoms with Crippen molar-refractivity contribution < 1.29 is 9.53 Å². The second-order valence-electron chi connectivity index (χ2n) is 3.85. The molecule has 0 aliphatic rings. The number of pyridine rings is 1. The van der Waals surface area contributed by atoms with Gasteiger partial charge in [0.05, 0.1) is 10.7 Å².